The highest BCUT2D eigenvalue weighted by Gasteiger charge is 2.46. The zero-order valence-electron chi connectivity index (χ0n) is 26.4. The number of hydrogen-bond acceptors (Lipinski definition) is 8. The number of rotatable bonds is 7. The zero-order chi connectivity index (χ0) is 32.6. The van der Waals surface area contributed by atoms with E-state index >= 15 is 4.39 Å². The third kappa shape index (κ3) is 7.07. The zero-order valence-corrected chi connectivity index (χ0v) is 25.2. The third-order valence-electron chi connectivity index (χ3n) is 7.02. The second-order valence-electron chi connectivity index (χ2n) is 11.5. The van der Waals surface area contributed by atoms with Gasteiger partial charge in [0.25, 0.3) is 0 Å². The van der Waals surface area contributed by atoms with Crippen LogP contribution in [0.1, 0.15) is 60.2 Å². The molecule has 4 rings (SSSR count). The fourth-order valence-corrected chi connectivity index (χ4v) is 5.21. The molecular formula is C30H36ClF2N5O4. The van der Waals surface area contributed by atoms with Crippen LogP contribution >= 0.6 is 11.6 Å². The number of hydrogen-bond donors (Lipinski definition) is 1. The van der Waals surface area contributed by atoms with Crippen molar-refractivity contribution >= 4 is 35.3 Å². The first-order valence-corrected chi connectivity index (χ1v) is 13.9. The van der Waals surface area contributed by atoms with Gasteiger partial charge >= 0.3 is 12.1 Å². The van der Waals surface area contributed by atoms with E-state index in [9.17, 15) is 14.0 Å². The number of nitrogens with one attached hydrogen (secondary N) is 1. The maximum atomic E-state index is 15.2. The first-order chi connectivity index (χ1) is 20.5. The number of pyridine rings is 1. The molecule has 226 valence electrons. The number of carbonyl (C=O) groups is 2. The smallest absolute Gasteiger partial charge is 0.435 e. The minimum Gasteiger partial charge on any atom is -0.469 e. The number of methoxy groups -OCH3 is 1. The van der Waals surface area contributed by atoms with Crippen LogP contribution in [0.5, 0.6) is 0 Å². The van der Waals surface area contributed by atoms with Crippen LogP contribution in [0.15, 0.2) is 36.4 Å². The second kappa shape index (κ2) is 12.3. The Labute approximate surface area is 252 Å². The highest BCUT2D eigenvalue weighted by Crippen LogP contribution is 2.40. The summed E-state index contributed by atoms with van der Waals surface area (Å²) in [4.78, 5) is 31.6. The van der Waals surface area contributed by atoms with Gasteiger partial charge in [0.15, 0.2) is 5.82 Å². The van der Waals surface area contributed by atoms with E-state index < -0.39 is 47.3 Å². The number of nitrogens with zero attached hydrogens (tertiary/aromatic N) is 4. The second-order valence-corrected chi connectivity index (χ2v) is 11.9. The van der Waals surface area contributed by atoms with Crippen LogP contribution in [0.3, 0.4) is 0 Å². The number of aryl methyl sites for hydroxylation is 1. The quantitative estimate of drug-likeness (QED) is 0.308. The van der Waals surface area contributed by atoms with E-state index in [1.807, 2.05) is 0 Å². The number of likely N-dealkylation sites (tertiary alicyclic amines) is 1. The summed E-state index contributed by atoms with van der Waals surface area (Å²) in [6.07, 6.45) is -0.582. The molecule has 0 saturated carbocycles. The van der Waals surface area contributed by atoms with Gasteiger partial charge in [-0.3, -0.25) is 9.69 Å². The van der Waals surface area contributed by atoms with Crippen molar-refractivity contribution in [3.05, 3.63) is 70.0 Å². The van der Waals surface area contributed by atoms with Gasteiger partial charge in [-0.05, 0) is 72.2 Å². The van der Waals surface area contributed by atoms with Gasteiger partial charge < -0.3 is 14.8 Å². The molecule has 3 aromatic rings. The van der Waals surface area contributed by atoms with E-state index in [-0.39, 0.29) is 53.7 Å². The average Bonchev–Trinajstić information content (AvgIpc) is 3.30. The molecule has 2 aromatic heterocycles. The van der Waals surface area contributed by atoms with Crippen LogP contribution in [-0.2, 0) is 27.2 Å². The largest absolute Gasteiger partial charge is 0.469 e. The predicted octanol–water partition coefficient (Wildman–Crippen LogP) is 6.43. The van der Waals surface area contributed by atoms with Crippen LogP contribution in [-0.4, -0.2) is 57.0 Å². The molecule has 0 spiro atoms. The summed E-state index contributed by atoms with van der Waals surface area (Å²) >= 11 is 5.92. The van der Waals surface area contributed by atoms with Crippen molar-refractivity contribution in [2.24, 2.45) is 5.41 Å². The lowest BCUT2D eigenvalue weighted by atomic mass is 9.72. The molecule has 12 heteroatoms. The normalized spacial score (nSPS) is 20.5. The number of esters is 1. The lowest BCUT2D eigenvalue weighted by Gasteiger charge is -2.44. The van der Waals surface area contributed by atoms with E-state index in [0.717, 1.165) is 4.68 Å². The molecule has 1 aliphatic rings. The maximum absolute atomic E-state index is 15.2. The Morgan fingerprint density at radius 3 is 2.64 bits per heavy atom. The molecule has 0 radical (unpaired) electrons. The Hall–Kier alpha value is -3.57. The van der Waals surface area contributed by atoms with Gasteiger partial charge in [0.05, 0.1) is 23.2 Å². The monoisotopic (exact) mass is 605 g/mol. The molecule has 0 aliphatic carbocycles. The molecule has 42 heavy (non-hydrogen) atoms. The molecule has 1 aromatic carbocycles. The van der Waals surface area contributed by atoms with Gasteiger partial charge in [-0.15, -0.1) is 5.10 Å². The van der Waals surface area contributed by atoms with Crippen LogP contribution in [0.4, 0.5) is 25.2 Å². The van der Waals surface area contributed by atoms with E-state index in [4.69, 9.17) is 23.8 Å². The molecule has 9 nitrogen and oxygen atoms in total. The van der Waals surface area contributed by atoms with Gasteiger partial charge in [-0.1, -0.05) is 23.7 Å². The number of piperidine rings is 1. The number of ether oxygens (including phenoxy) is 2. The van der Waals surface area contributed by atoms with Gasteiger partial charge in [0.1, 0.15) is 23.1 Å². The summed E-state index contributed by atoms with van der Waals surface area (Å²) in [5.74, 6) is -1.56. The molecule has 3 heterocycles. The van der Waals surface area contributed by atoms with E-state index in [2.05, 4.69) is 15.4 Å². The van der Waals surface area contributed by atoms with Crippen molar-refractivity contribution in [1.82, 2.24) is 19.7 Å². The topological polar surface area (TPSA) is 98.6 Å². The SMILES string of the molecule is [2H]C([2H])(c1cccc(Cl)c1F)N1CCC(Cc2nc(Nc3cc(C)n(C(=O)OC(C)(C)C)n3)ccc2F)(C(=O)OC)CC1C. The molecule has 1 saturated heterocycles. The lowest BCUT2D eigenvalue weighted by Crippen LogP contribution is -2.50. The van der Waals surface area contributed by atoms with Crippen molar-refractivity contribution in [2.75, 3.05) is 19.0 Å². The van der Waals surface area contributed by atoms with Crippen molar-refractivity contribution in [1.29, 1.82) is 0 Å². The molecule has 1 N–H and O–H groups in total. The number of aromatic nitrogens is 3. The lowest BCUT2D eigenvalue weighted by molar-refractivity contribution is -0.157. The van der Waals surface area contributed by atoms with E-state index in [0.29, 0.717) is 5.69 Å². The fourth-order valence-electron chi connectivity index (χ4n) is 5.03. The van der Waals surface area contributed by atoms with E-state index in [1.165, 1.54) is 42.3 Å². The summed E-state index contributed by atoms with van der Waals surface area (Å²) < 4.78 is 59.1. The van der Waals surface area contributed by atoms with Crippen LogP contribution in [0, 0.1) is 24.0 Å². The summed E-state index contributed by atoms with van der Waals surface area (Å²) in [6.45, 7) is 6.46. The third-order valence-corrected chi connectivity index (χ3v) is 7.31. The maximum Gasteiger partial charge on any atom is 0.435 e. The Morgan fingerprint density at radius 1 is 1.24 bits per heavy atom. The summed E-state index contributed by atoms with van der Waals surface area (Å²) in [5, 5.41) is 7.01. The summed E-state index contributed by atoms with van der Waals surface area (Å²) in [5.41, 5.74) is -1.65. The Balaban J connectivity index is 1.57. The molecule has 2 atom stereocenters. The highest BCUT2D eigenvalue weighted by atomic mass is 35.5. The number of anilines is 2. The Kier molecular flexibility index (Phi) is 8.39. The van der Waals surface area contributed by atoms with Gasteiger partial charge in [-0.2, -0.15) is 4.68 Å². The van der Waals surface area contributed by atoms with Crippen molar-refractivity contribution < 1.29 is 30.6 Å². The molecule has 2 unspecified atom stereocenters. The van der Waals surface area contributed by atoms with Crippen LogP contribution in [0.25, 0.3) is 0 Å². The highest BCUT2D eigenvalue weighted by molar-refractivity contribution is 6.30. The van der Waals surface area contributed by atoms with E-state index in [1.54, 1.807) is 40.7 Å². The molecule has 0 bridgehead atoms. The first kappa shape index (κ1) is 28.5. The molecular weight excluding hydrogens is 568 g/mol. The Bertz CT molecular complexity index is 1560. The van der Waals surface area contributed by atoms with Crippen molar-refractivity contribution in [2.45, 2.75) is 72.0 Å². The van der Waals surface area contributed by atoms with Gasteiger partial charge in [-0.25, -0.2) is 18.6 Å². The molecule has 0 amide bonds. The average molecular weight is 606 g/mol. The van der Waals surface area contributed by atoms with Crippen molar-refractivity contribution in [3.63, 3.8) is 0 Å². The molecule has 1 aliphatic heterocycles. The first-order valence-electron chi connectivity index (χ1n) is 14.5. The molecule has 1 fully saturated rings. The standard InChI is InChI=1S/C30H36ClF2N5O4/c1-18-14-25(36-38(18)28(40)42-29(3,4)5)35-24-11-10-22(32)23(34-24)16-30(27(39)41-6)12-13-37(19(2)15-30)17-20-8-7-9-21(31)26(20)33/h7-11,14,19H,12-13,15-17H2,1-6H3,(H,34,35,36)/i17D2. The summed E-state index contributed by atoms with van der Waals surface area (Å²) in [7, 11) is 1.24. The fraction of sp³-hybridized carbons (Fsp3) is 0.467. The Morgan fingerprint density at radius 2 is 1.98 bits per heavy atom. The number of halogens is 3. The minimum atomic E-state index is -2.23. The van der Waals surface area contributed by atoms with Gasteiger partial charge in [0.2, 0.25) is 0 Å². The van der Waals surface area contributed by atoms with Gasteiger partial charge in [0, 0.05) is 39.0 Å². The predicted molar refractivity (Wildman–Crippen MR) is 155 cm³/mol. The number of benzene rings is 1. The summed E-state index contributed by atoms with van der Waals surface area (Å²) in [6, 6.07) is 7.82. The minimum absolute atomic E-state index is 0.00626. The van der Waals surface area contributed by atoms with Crippen LogP contribution < -0.4 is 5.32 Å². The number of carbonyl (C=O) groups excluding carboxylic acids is 2. The van der Waals surface area contributed by atoms with Crippen LogP contribution in [0.2, 0.25) is 5.02 Å². The van der Waals surface area contributed by atoms with Crippen molar-refractivity contribution in [3.8, 4) is 0 Å².